The van der Waals surface area contributed by atoms with E-state index in [1.54, 1.807) is 18.2 Å². The zero-order valence-corrected chi connectivity index (χ0v) is 33.9. The molecule has 10 heteroatoms. The summed E-state index contributed by atoms with van der Waals surface area (Å²) in [7, 11) is -4.04. The van der Waals surface area contributed by atoms with Gasteiger partial charge in [-0.2, -0.15) is 0 Å². The summed E-state index contributed by atoms with van der Waals surface area (Å²) in [4.78, 5) is 59.2. The lowest BCUT2D eigenvalue weighted by Crippen LogP contribution is -2.44. The normalized spacial score (nSPS) is 15.2. The Kier molecular flexibility index (Phi) is 8.08. The molecule has 11 rings (SSSR count). The first-order chi connectivity index (χ1) is 29.1. The highest BCUT2D eigenvalue weighted by Crippen LogP contribution is 2.46. The molecule has 1 atom stereocenters. The van der Waals surface area contributed by atoms with Crippen molar-refractivity contribution in [2.45, 2.75) is 44.4 Å². The van der Waals surface area contributed by atoms with Gasteiger partial charge >= 0.3 is 0 Å². The average molecular weight is 810 g/mol. The van der Waals surface area contributed by atoms with Gasteiger partial charge < -0.3 is 0 Å². The Bertz CT molecular complexity index is 3350. The molecule has 0 aliphatic carbocycles. The number of nitrogens with zero attached hydrogens (tertiary/aromatic N) is 2. The monoisotopic (exact) mass is 809 g/mol. The van der Waals surface area contributed by atoms with E-state index in [2.05, 4.69) is 18.6 Å². The van der Waals surface area contributed by atoms with Crippen molar-refractivity contribution in [2.75, 3.05) is 19.6 Å². The minimum atomic E-state index is -4.04. The van der Waals surface area contributed by atoms with Crippen LogP contribution >= 0.6 is 0 Å². The molecule has 2 aliphatic heterocycles. The Morgan fingerprint density at radius 3 is 1.50 bits per heavy atom. The van der Waals surface area contributed by atoms with Crippen LogP contribution in [0.4, 0.5) is 0 Å². The van der Waals surface area contributed by atoms with Gasteiger partial charge in [-0.15, -0.1) is 0 Å². The number of rotatable bonds is 11. The molecule has 9 aromatic rings. The number of hydrogen-bond donors (Lipinski definition) is 1. The number of sulfonamides is 1. The predicted octanol–water partition coefficient (Wildman–Crippen LogP) is 10.0. The lowest BCUT2D eigenvalue weighted by Gasteiger charge is -2.31. The Morgan fingerprint density at radius 2 is 0.983 bits per heavy atom. The lowest BCUT2D eigenvalue weighted by atomic mass is 9.82. The third kappa shape index (κ3) is 5.04. The molecule has 2 heterocycles. The van der Waals surface area contributed by atoms with Gasteiger partial charge in [-0.05, 0) is 102 Å². The fraction of sp³-hybridized carbons (Fsp3) is 0.200. The summed E-state index contributed by atoms with van der Waals surface area (Å²) >= 11 is 0. The number of imide groups is 2. The van der Waals surface area contributed by atoms with Gasteiger partial charge in [-0.1, -0.05) is 106 Å². The Balaban J connectivity index is 0.928. The number of carbonyl (C=O) groups excluding carboxylic acids is 4. The van der Waals surface area contributed by atoms with Crippen molar-refractivity contribution in [2.24, 2.45) is 5.92 Å². The van der Waals surface area contributed by atoms with Crippen molar-refractivity contribution in [3.05, 3.63) is 125 Å². The van der Waals surface area contributed by atoms with E-state index in [1.807, 2.05) is 84.9 Å². The molecule has 0 fully saturated rings. The Hall–Kier alpha value is -6.49. The summed E-state index contributed by atoms with van der Waals surface area (Å²) in [6.45, 7) is 4.29. The van der Waals surface area contributed by atoms with E-state index in [0.29, 0.717) is 45.0 Å². The molecule has 0 saturated heterocycles. The van der Waals surface area contributed by atoms with E-state index in [0.717, 1.165) is 89.8 Å². The van der Waals surface area contributed by atoms with Gasteiger partial charge in [0.1, 0.15) is 0 Å². The maximum absolute atomic E-state index is 14.2. The van der Waals surface area contributed by atoms with E-state index in [1.165, 1.54) is 4.90 Å². The summed E-state index contributed by atoms with van der Waals surface area (Å²) in [6, 6.07) is 31.9. The molecule has 1 unspecified atom stereocenters. The standard InChI is InChI=1S/C50H39N3O6S/c1-3-5-7-27(4-2)26-53-49(56)38-21-17-33-31-15-19-36-45-37(20-16-32(43(31)45)34-18-22-39(50(53)57)46(38)44(33)34)48(55)52(47(36)54)25-24-51-60(58,59)40-23-13-30-11-10-28-8-6-9-29-12-14-35(40)42(30)41(28)29/h6,8-23,27,51H,3-5,7,24-26H2,1-2H3. The first-order valence-corrected chi connectivity index (χ1v) is 22.2. The molecule has 0 spiro atoms. The molecular formula is C50H39N3O6S. The van der Waals surface area contributed by atoms with Gasteiger partial charge in [0.15, 0.2) is 0 Å². The number of carbonyl (C=O) groups is 4. The third-order valence-corrected chi connectivity index (χ3v) is 14.7. The fourth-order valence-electron chi connectivity index (χ4n) is 10.2. The largest absolute Gasteiger partial charge is 0.274 e. The number of hydrogen-bond acceptors (Lipinski definition) is 6. The summed E-state index contributed by atoms with van der Waals surface area (Å²) < 4.78 is 30.5. The van der Waals surface area contributed by atoms with Crippen LogP contribution in [0.15, 0.2) is 108 Å². The zero-order chi connectivity index (χ0) is 41.2. The highest BCUT2D eigenvalue weighted by atomic mass is 32.2. The van der Waals surface area contributed by atoms with Gasteiger partial charge in [-0.3, -0.25) is 29.0 Å². The molecule has 9 nitrogen and oxygen atoms in total. The van der Waals surface area contributed by atoms with Crippen LogP contribution < -0.4 is 4.72 Å². The van der Waals surface area contributed by atoms with Crippen LogP contribution in [0.2, 0.25) is 0 Å². The van der Waals surface area contributed by atoms with E-state index in [-0.39, 0.29) is 35.7 Å². The van der Waals surface area contributed by atoms with Crippen molar-refractivity contribution in [3.63, 3.8) is 0 Å². The second-order valence-corrected chi connectivity index (χ2v) is 18.1. The molecule has 0 aromatic heterocycles. The summed E-state index contributed by atoms with van der Waals surface area (Å²) in [5.74, 6) is -1.34. The number of unbranched alkanes of at least 4 members (excludes halogenated alkanes) is 1. The van der Waals surface area contributed by atoms with Gasteiger partial charge in [0.05, 0.1) is 4.90 Å². The fourth-order valence-corrected chi connectivity index (χ4v) is 11.4. The molecule has 0 saturated carbocycles. The van der Waals surface area contributed by atoms with E-state index >= 15 is 0 Å². The first kappa shape index (κ1) is 36.6. The van der Waals surface area contributed by atoms with Crippen molar-refractivity contribution in [3.8, 4) is 0 Å². The predicted molar refractivity (Wildman–Crippen MR) is 237 cm³/mol. The molecule has 1 N–H and O–H groups in total. The quantitative estimate of drug-likeness (QED) is 0.0789. The molecule has 2 aliphatic rings. The zero-order valence-electron chi connectivity index (χ0n) is 33.1. The van der Waals surface area contributed by atoms with Crippen LogP contribution in [-0.4, -0.2) is 61.5 Å². The Morgan fingerprint density at radius 1 is 0.517 bits per heavy atom. The maximum Gasteiger partial charge on any atom is 0.261 e. The highest BCUT2D eigenvalue weighted by molar-refractivity contribution is 7.89. The van der Waals surface area contributed by atoms with Crippen LogP contribution in [0.3, 0.4) is 0 Å². The van der Waals surface area contributed by atoms with Crippen LogP contribution in [0.1, 0.15) is 81.0 Å². The second-order valence-electron chi connectivity index (χ2n) is 16.4. The van der Waals surface area contributed by atoms with Crippen LogP contribution in [-0.2, 0) is 10.0 Å². The van der Waals surface area contributed by atoms with E-state index in [4.69, 9.17) is 0 Å². The second kappa shape index (κ2) is 13.3. The maximum atomic E-state index is 14.2. The lowest BCUT2D eigenvalue weighted by molar-refractivity contribution is 0.0574. The summed E-state index contributed by atoms with van der Waals surface area (Å²) in [5, 5.41) is 11.5. The molecule has 296 valence electrons. The van der Waals surface area contributed by atoms with Gasteiger partial charge in [-0.25, -0.2) is 13.1 Å². The van der Waals surface area contributed by atoms with Crippen molar-refractivity contribution < 1.29 is 27.6 Å². The molecule has 9 aromatic carbocycles. The van der Waals surface area contributed by atoms with E-state index < -0.39 is 21.8 Å². The SMILES string of the molecule is CCCCC(CC)CN1C(=O)c2ccc3c4ccc5c6c(ccc(c7ccc(c2c37)C1=O)c64)C(=O)N(CCNS(=O)(=O)c1ccc2ccc3cccc4ccc1c2c34)C5=O. The molecule has 4 amide bonds. The van der Waals surface area contributed by atoms with Crippen molar-refractivity contribution in [1.82, 2.24) is 14.5 Å². The Labute approximate surface area is 345 Å². The number of nitrogens with one attached hydrogen (secondary N) is 1. The number of amides is 4. The van der Waals surface area contributed by atoms with Gasteiger partial charge in [0.2, 0.25) is 10.0 Å². The summed E-state index contributed by atoms with van der Waals surface area (Å²) in [5.41, 5.74) is 1.70. The van der Waals surface area contributed by atoms with Gasteiger partial charge in [0.25, 0.3) is 23.6 Å². The minimum absolute atomic E-state index is 0.133. The summed E-state index contributed by atoms with van der Waals surface area (Å²) in [6.07, 6.45) is 3.94. The molecule has 60 heavy (non-hydrogen) atoms. The number of benzene rings is 9. The first-order valence-electron chi connectivity index (χ1n) is 20.7. The number of fused-ring (bicyclic) bond motifs is 2. The van der Waals surface area contributed by atoms with E-state index in [9.17, 15) is 27.6 Å². The van der Waals surface area contributed by atoms with Crippen LogP contribution in [0, 0.1) is 5.92 Å². The van der Waals surface area contributed by atoms with Gasteiger partial charge in [0, 0.05) is 58.0 Å². The van der Waals surface area contributed by atoms with Crippen LogP contribution in [0.5, 0.6) is 0 Å². The van der Waals surface area contributed by atoms with Crippen molar-refractivity contribution >= 4 is 109 Å². The third-order valence-electron chi connectivity index (χ3n) is 13.2. The molecule has 0 bridgehead atoms. The van der Waals surface area contributed by atoms with Crippen LogP contribution in [0.25, 0.3) is 75.4 Å². The smallest absolute Gasteiger partial charge is 0.261 e. The highest BCUT2D eigenvalue weighted by Gasteiger charge is 2.37. The minimum Gasteiger partial charge on any atom is -0.274 e. The molecule has 0 radical (unpaired) electrons. The topological polar surface area (TPSA) is 121 Å². The average Bonchev–Trinajstić information content (AvgIpc) is 3.26. The van der Waals surface area contributed by atoms with Crippen molar-refractivity contribution in [1.29, 1.82) is 0 Å². The molecular weight excluding hydrogens is 771 g/mol.